The fourth-order valence-electron chi connectivity index (χ4n) is 1.44. The lowest BCUT2D eigenvalue weighted by Crippen LogP contribution is -2.38. The van der Waals surface area contributed by atoms with E-state index in [0.29, 0.717) is 5.65 Å². The number of thioether (sulfide) groups is 1. The van der Waals surface area contributed by atoms with E-state index in [1.54, 1.807) is 25.1 Å². The maximum Gasteiger partial charge on any atom is 0.181 e. The highest BCUT2D eigenvalue weighted by Gasteiger charge is 2.20. The Hall–Kier alpha value is -1.65. The molecule has 0 aliphatic rings. The van der Waals surface area contributed by atoms with Crippen LogP contribution < -0.4 is 5.32 Å². The van der Waals surface area contributed by atoms with Crippen LogP contribution in [0.15, 0.2) is 17.7 Å². The molecule has 0 aromatic carbocycles. The largest absolute Gasteiger partial charge is 0.341 e. The van der Waals surface area contributed by atoms with Gasteiger partial charge in [-0.15, -0.1) is 11.8 Å². The Labute approximate surface area is 109 Å². The number of nitriles is 1. The maximum absolute atomic E-state index is 9.06. The topological polar surface area (TPSA) is 90.3 Å². The second-order valence-corrected chi connectivity index (χ2v) is 5.16. The summed E-state index contributed by atoms with van der Waals surface area (Å²) in [5.41, 5.74) is 1.03. The Morgan fingerprint density at radius 2 is 2.33 bits per heavy atom. The van der Waals surface area contributed by atoms with Crippen LogP contribution >= 0.6 is 11.8 Å². The van der Waals surface area contributed by atoms with Crippen LogP contribution in [0.2, 0.25) is 0 Å². The molecular formula is C11H14N6S. The summed E-state index contributed by atoms with van der Waals surface area (Å²) < 4.78 is 0. The van der Waals surface area contributed by atoms with Gasteiger partial charge in [0.05, 0.1) is 12.4 Å². The molecule has 2 N–H and O–H groups in total. The summed E-state index contributed by atoms with van der Waals surface area (Å²) in [5.74, 6) is 0.802. The fourth-order valence-corrected chi connectivity index (χ4v) is 2.56. The molecule has 0 saturated heterocycles. The highest BCUT2D eigenvalue weighted by atomic mass is 32.2. The summed E-state index contributed by atoms with van der Waals surface area (Å²) in [6, 6.07) is 2.27. The Bertz CT molecular complexity index is 574. The monoisotopic (exact) mass is 262 g/mol. The maximum atomic E-state index is 9.06. The van der Waals surface area contributed by atoms with Crippen molar-refractivity contribution in [2.24, 2.45) is 0 Å². The van der Waals surface area contributed by atoms with E-state index >= 15 is 0 Å². The van der Waals surface area contributed by atoms with Gasteiger partial charge in [-0.2, -0.15) is 5.26 Å². The van der Waals surface area contributed by atoms with Gasteiger partial charge < -0.3 is 10.3 Å². The lowest BCUT2D eigenvalue weighted by Gasteiger charge is -2.19. The van der Waals surface area contributed by atoms with Gasteiger partial charge in [0.2, 0.25) is 0 Å². The summed E-state index contributed by atoms with van der Waals surface area (Å²) in [7, 11) is 1.80. The lowest BCUT2D eigenvalue weighted by molar-refractivity contribution is 0.479. The van der Waals surface area contributed by atoms with Crippen molar-refractivity contribution in [3.8, 4) is 6.07 Å². The Balaban J connectivity index is 2.03. The van der Waals surface area contributed by atoms with Crippen molar-refractivity contribution in [1.82, 2.24) is 25.3 Å². The summed E-state index contributed by atoms with van der Waals surface area (Å²) in [4.78, 5) is 15.4. The van der Waals surface area contributed by atoms with Crippen molar-refractivity contribution < 1.29 is 0 Å². The fraction of sp³-hybridized carbons (Fsp3) is 0.455. The number of rotatable bonds is 5. The number of aromatic amines is 1. The van der Waals surface area contributed by atoms with Crippen molar-refractivity contribution in [3.05, 3.63) is 12.7 Å². The number of H-pyrrole nitrogens is 1. The van der Waals surface area contributed by atoms with Crippen LogP contribution in [0.4, 0.5) is 0 Å². The van der Waals surface area contributed by atoms with Crippen molar-refractivity contribution in [3.63, 3.8) is 0 Å². The van der Waals surface area contributed by atoms with Gasteiger partial charge in [-0.3, -0.25) is 0 Å². The zero-order chi connectivity index (χ0) is 13.0. The van der Waals surface area contributed by atoms with Gasteiger partial charge in [-0.25, -0.2) is 15.0 Å². The van der Waals surface area contributed by atoms with E-state index in [1.165, 1.54) is 6.33 Å². The number of hydrogen-bond acceptors (Lipinski definition) is 6. The van der Waals surface area contributed by atoms with Crippen LogP contribution in [0.5, 0.6) is 0 Å². The first-order valence-corrected chi connectivity index (χ1v) is 6.54. The molecule has 0 aliphatic carbocycles. The average molecular weight is 262 g/mol. The normalized spacial score (nSPS) is 14.3. The molecule has 2 rings (SSSR count). The highest BCUT2D eigenvalue weighted by molar-refractivity contribution is 7.99. The zero-order valence-corrected chi connectivity index (χ0v) is 11.1. The molecule has 0 amide bonds. The lowest BCUT2D eigenvalue weighted by atomic mass is 10.0. The summed E-state index contributed by atoms with van der Waals surface area (Å²) >= 11 is 1.60. The number of hydrogen-bond donors (Lipinski definition) is 2. The molecule has 0 saturated carbocycles. The predicted octanol–water partition coefficient (Wildman–Crippen LogP) is 1.34. The average Bonchev–Trinajstić information content (AvgIpc) is 2.87. The molecule has 2 aromatic rings. The molecule has 0 spiro atoms. The number of imidazole rings is 1. The van der Waals surface area contributed by atoms with Crippen LogP contribution in [-0.4, -0.2) is 38.3 Å². The molecule has 0 bridgehead atoms. The van der Waals surface area contributed by atoms with Gasteiger partial charge in [0.25, 0.3) is 0 Å². The van der Waals surface area contributed by atoms with Gasteiger partial charge in [0, 0.05) is 5.75 Å². The third-order valence-electron chi connectivity index (χ3n) is 2.83. The molecule has 1 unspecified atom stereocenters. The molecule has 2 heterocycles. The summed E-state index contributed by atoms with van der Waals surface area (Å²) in [6.45, 7) is 1.89. The van der Waals surface area contributed by atoms with Gasteiger partial charge in [0.15, 0.2) is 5.65 Å². The van der Waals surface area contributed by atoms with Crippen LogP contribution in [0.3, 0.4) is 0 Å². The molecule has 1 atom stereocenters. The highest BCUT2D eigenvalue weighted by Crippen LogP contribution is 2.24. The molecule has 6 nitrogen and oxygen atoms in total. The first-order chi connectivity index (χ1) is 8.68. The van der Waals surface area contributed by atoms with Crippen LogP contribution in [0.25, 0.3) is 11.2 Å². The van der Waals surface area contributed by atoms with E-state index in [1.807, 2.05) is 6.92 Å². The third kappa shape index (κ3) is 2.60. The standard InChI is InChI=1S/C11H14N6S/c1-11(5-12,13-2)3-4-18-10-8-9(15-6-14-8)16-7-17-10/h6-7,13H,3-4H2,1-2H3,(H,14,15,16,17). The third-order valence-corrected chi connectivity index (χ3v) is 3.82. The van der Waals surface area contributed by atoms with E-state index < -0.39 is 5.54 Å². The smallest absolute Gasteiger partial charge is 0.181 e. The Kier molecular flexibility index (Phi) is 3.79. The number of nitrogens with zero attached hydrogens (tertiary/aromatic N) is 4. The molecule has 0 fully saturated rings. The quantitative estimate of drug-likeness (QED) is 0.624. The van der Waals surface area contributed by atoms with E-state index in [0.717, 1.165) is 22.7 Å². The minimum absolute atomic E-state index is 0.493. The van der Waals surface area contributed by atoms with Crippen molar-refractivity contribution in [2.45, 2.75) is 23.9 Å². The van der Waals surface area contributed by atoms with Gasteiger partial charge in [-0.05, 0) is 20.4 Å². The number of nitrogens with one attached hydrogen (secondary N) is 2. The second-order valence-electron chi connectivity index (χ2n) is 4.07. The minimum atomic E-state index is -0.493. The van der Waals surface area contributed by atoms with Gasteiger partial charge in [0.1, 0.15) is 22.4 Å². The summed E-state index contributed by atoms with van der Waals surface area (Å²) in [5, 5.41) is 12.9. The molecule has 7 heteroatoms. The van der Waals surface area contributed by atoms with Crippen molar-refractivity contribution in [1.29, 1.82) is 5.26 Å². The second kappa shape index (κ2) is 5.33. The Morgan fingerprint density at radius 3 is 3.06 bits per heavy atom. The molecule has 2 aromatic heterocycles. The van der Waals surface area contributed by atoms with E-state index in [2.05, 4.69) is 31.3 Å². The SMILES string of the molecule is CNC(C)(C#N)CCSc1ncnc2nc[nH]c12. The van der Waals surface area contributed by atoms with Crippen LogP contribution in [-0.2, 0) is 0 Å². The van der Waals surface area contributed by atoms with Crippen molar-refractivity contribution in [2.75, 3.05) is 12.8 Å². The minimum Gasteiger partial charge on any atom is -0.341 e. The van der Waals surface area contributed by atoms with Crippen LogP contribution in [0, 0.1) is 11.3 Å². The zero-order valence-electron chi connectivity index (χ0n) is 10.3. The number of aromatic nitrogens is 4. The van der Waals surface area contributed by atoms with E-state index in [9.17, 15) is 0 Å². The first kappa shape index (κ1) is 12.8. The molecule has 0 aliphatic heterocycles. The molecular weight excluding hydrogens is 248 g/mol. The Morgan fingerprint density at radius 1 is 1.50 bits per heavy atom. The summed E-state index contributed by atoms with van der Waals surface area (Å²) in [6.07, 6.45) is 3.85. The first-order valence-electron chi connectivity index (χ1n) is 5.55. The molecule has 94 valence electrons. The van der Waals surface area contributed by atoms with Gasteiger partial charge >= 0.3 is 0 Å². The predicted molar refractivity (Wildman–Crippen MR) is 70.1 cm³/mol. The van der Waals surface area contributed by atoms with E-state index in [-0.39, 0.29) is 0 Å². The van der Waals surface area contributed by atoms with Crippen molar-refractivity contribution >= 4 is 22.9 Å². The van der Waals surface area contributed by atoms with Crippen LogP contribution in [0.1, 0.15) is 13.3 Å². The van der Waals surface area contributed by atoms with Gasteiger partial charge in [-0.1, -0.05) is 0 Å². The molecule has 18 heavy (non-hydrogen) atoms. The molecule has 0 radical (unpaired) electrons. The number of fused-ring (bicyclic) bond motifs is 1. The van der Waals surface area contributed by atoms with E-state index in [4.69, 9.17) is 5.26 Å².